The lowest BCUT2D eigenvalue weighted by Crippen LogP contribution is -2.23. The molecule has 0 atom stereocenters. The van der Waals surface area contributed by atoms with E-state index in [1.165, 1.54) is 11.1 Å². The van der Waals surface area contributed by atoms with E-state index in [-0.39, 0.29) is 0 Å². The molecule has 110 valence electrons. The number of sulfonamides is 1. The maximum absolute atomic E-state index is 11.0. The van der Waals surface area contributed by atoms with E-state index >= 15 is 0 Å². The van der Waals surface area contributed by atoms with Crippen LogP contribution in [0.15, 0.2) is 22.5 Å². The second-order valence-electron chi connectivity index (χ2n) is 4.37. The zero-order chi connectivity index (χ0) is 14.8. The quantitative estimate of drug-likeness (QED) is 0.901. The first-order chi connectivity index (χ1) is 9.40. The number of nitrogens with zero attached hydrogens (tertiary/aromatic N) is 2. The molecule has 0 saturated carbocycles. The highest BCUT2D eigenvalue weighted by molar-refractivity contribution is 7.88. The number of hydrogen-bond acceptors (Lipinski definition) is 5. The Balaban J connectivity index is 2.11. The molecule has 0 radical (unpaired) electrons. The first kappa shape index (κ1) is 15.4. The third kappa shape index (κ3) is 3.78. The average Bonchev–Trinajstić information content (AvgIpc) is 2.94. The van der Waals surface area contributed by atoms with Gasteiger partial charge in [-0.25, -0.2) is 13.1 Å². The second kappa shape index (κ2) is 6.21. The van der Waals surface area contributed by atoms with Gasteiger partial charge >= 0.3 is 0 Å². The van der Waals surface area contributed by atoms with Crippen molar-refractivity contribution in [3.8, 4) is 10.6 Å². The molecule has 0 aromatic carbocycles. The lowest BCUT2D eigenvalue weighted by Gasteiger charge is -2.00. The fraction of sp³-hybridized carbons (Fsp3) is 0.417. The van der Waals surface area contributed by atoms with Crippen LogP contribution in [-0.4, -0.2) is 32.8 Å². The number of hydrogen-bond donors (Lipinski definition) is 1. The summed E-state index contributed by atoms with van der Waals surface area (Å²) in [5.41, 5.74) is 1.14. The molecule has 2 rings (SSSR count). The topological polar surface area (TPSA) is 63.5 Å². The Bertz CT molecular complexity index is 753. The molecular formula is C12H17N3O2S3. The van der Waals surface area contributed by atoms with Gasteiger partial charge in [0.25, 0.3) is 0 Å². The normalized spacial score (nSPS) is 13.1. The van der Waals surface area contributed by atoms with Gasteiger partial charge in [-0.2, -0.15) is 0 Å². The van der Waals surface area contributed by atoms with Crippen LogP contribution in [0.25, 0.3) is 10.6 Å². The molecule has 8 heteroatoms. The molecule has 0 unspecified atom stereocenters. The summed E-state index contributed by atoms with van der Waals surface area (Å²) in [5.74, 6) is 0. The maximum Gasteiger partial charge on any atom is 0.208 e. The van der Waals surface area contributed by atoms with Gasteiger partial charge in [-0.15, -0.1) is 22.7 Å². The van der Waals surface area contributed by atoms with Crippen LogP contribution in [0.2, 0.25) is 0 Å². The molecule has 0 aliphatic rings. The van der Waals surface area contributed by atoms with Crippen molar-refractivity contribution >= 4 is 32.7 Å². The van der Waals surface area contributed by atoms with Crippen molar-refractivity contribution in [3.63, 3.8) is 0 Å². The predicted octanol–water partition coefficient (Wildman–Crippen LogP) is 1.44. The second-order valence-corrected chi connectivity index (χ2v) is 8.21. The molecule has 0 aliphatic carbocycles. The molecule has 5 nitrogen and oxygen atoms in total. The summed E-state index contributed by atoms with van der Waals surface area (Å²) in [4.78, 5) is 7.53. The van der Waals surface area contributed by atoms with E-state index in [4.69, 9.17) is 0 Å². The standard InChI is InChI=1S/C12H17N3O2S3/c1-13-12-15(2)10(8-18-12)11-5-4-9(19-11)6-7-14-20(3,16)17/h4-5,8,14H,6-7H2,1-3H3. The number of aromatic nitrogens is 1. The van der Waals surface area contributed by atoms with Crippen LogP contribution < -0.4 is 9.52 Å². The molecule has 0 amide bonds. The lowest BCUT2D eigenvalue weighted by molar-refractivity contribution is 0.588. The molecule has 0 fully saturated rings. The van der Waals surface area contributed by atoms with Crippen molar-refractivity contribution in [1.29, 1.82) is 0 Å². The highest BCUT2D eigenvalue weighted by Gasteiger charge is 2.08. The highest BCUT2D eigenvalue weighted by atomic mass is 32.2. The van der Waals surface area contributed by atoms with Crippen LogP contribution in [-0.2, 0) is 23.5 Å². The summed E-state index contributed by atoms with van der Waals surface area (Å²) < 4.78 is 26.6. The molecule has 2 aromatic heterocycles. The minimum atomic E-state index is -3.11. The van der Waals surface area contributed by atoms with E-state index in [0.29, 0.717) is 13.0 Å². The largest absolute Gasteiger partial charge is 0.319 e. The summed E-state index contributed by atoms with van der Waals surface area (Å²) in [6.45, 7) is 0.435. The van der Waals surface area contributed by atoms with Crippen molar-refractivity contribution in [2.75, 3.05) is 19.8 Å². The van der Waals surface area contributed by atoms with Crippen LogP contribution >= 0.6 is 22.7 Å². The first-order valence-electron chi connectivity index (χ1n) is 6.02. The molecule has 0 aliphatic heterocycles. The van der Waals surface area contributed by atoms with Gasteiger partial charge < -0.3 is 4.57 Å². The Kier molecular flexibility index (Phi) is 4.79. The zero-order valence-corrected chi connectivity index (χ0v) is 14.0. The fourth-order valence-electron chi connectivity index (χ4n) is 1.81. The van der Waals surface area contributed by atoms with Crippen molar-refractivity contribution in [3.05, 3.63) is 27.2 Å². The van der Waals surface area contributed by atoms with Crippen LogP contribution in [0.5, 0.6) is 0 Å². The summed E-state index contributed by atoms with van der Waals surface area (Å²) in [7, 11) is 0.676. The van der Waals surface area contributed by atoms with Gasteiger partial charge in [0.2, 0.25) is 10.0 Å². The van der Waals surface area contributed by atoms with E-state index in [1.807, 2.05) is 13.1 Å². The Morgan fingerprint density at radius 2 is 2.15 bits per heavy atom. The molecule has 1 N–H and O–H groups in total. The fourth-order valence-corrected chi connectivity index (χ4v) is 4.28. The van der Waals surface area contributed by atoms with Gasteiger partial charge in [0.15, 0.2) is 4.80 Å². The first-order valence-corrected chi connectivity index (χ1v) is 9.60. The monoisotopic (exact) mass is 331 g/mol. The van der Waals surface area contributed by atoms with E-state index in [2.05, 4.69) is 25.7 Å². The van der Waals surface area contributed by atoms with E-state index < -0.39 is 10.0 Å². The molecule has 20 heavy (non-hydrogen) atoms. The van der Waals surface area contributed by atoms with Crippen molar-refractivity contribution in [2.45, 2.75) is 6.42 Å². The Hall–Kier alpha value is -0.960. The number of thiazole rings is 1. The third-order valence-electron chi connectivity index (χ3n) is 2.77. The predicted molar refractivity (Wildman–Crippen MR) is 84.6 cm³/mol. The van der Waals surface area contributed by atoms with Crippen molar-refractivity contribution in [2.24, 2.45) is 12.0 Å². The van der Waals surface area contributed by atoms with Gasteiger partial charge in [-0.3, -0.25) is 4.99 Å². The van der Waals surface area contributed by atoms with Gasteiger partial charge in [0.1, 0.15) is 0 Å². The number of nitrogens with one attached hydrogen (secondary N) is 1. The van der Waals surface area contributed by atoms with Crippen LogP contribution in [0.4, 0.5) is 0 Å². The highest BCUT2D eigenvalue weighted by Crippen LogP contribution is 2.28. The molecular weight excluding hydrogens is 314 g/mol. The van der Waals surface area contributed by atoms with E-state index in [0.717, 1.165) is 15.4 Å². The van der Waals surface area contributed by atoms with Crippen molar-refractivity contribution in [1.82, 2.24) is 9.29 Å². The molecule has 2 heterocycles. The van der Waals surface area contributed by atoms with Crippen molar-refractivity contribution < 1.29 is 8.42 Å². The lowest BCUT2D eigenvalue weighted by atomic mass is 10.3. The Morgan fingerprint density at radius 1 is 1.40 bits per heavy atom. The van der Waals surface area contributed by atoms with Gasteiger partial charge in [0.05, 0.1) is 16.8 Å². The maximum atomic E-state index is 11.0. The Morgan fingerprint density at radius 3 is 2.75 bits per heavy atom. The molecule has 0 saturated heterocycles. The van der Waals surface area contributed by atoms with Gasteiger partial charge in [-0.05, 0) is 18.6 Å². The smallest absolute Gasteiger partial charge is 0.208 e. The number of thiophene rings is 1. The minimum Gasteiger partial charge on any atom is -0.319 e. The zero-order valence-electron chi connectivity index (χ0n) is 11.6. The average molecular weight is 331 g/mol. The van der Waals surface area contributed by atoms with Crippen LogP contribution in [0, 0.1) is 0 Å². The van der Waals surface area contributed by atoms with Gasteiger partial charge in [-0.1, -0.05) is 0 Å². The van der Waals surface area contributed by atoms with Crippen LogP contribution in [0.3, 0.4) is 0 Å². The molecule has 2 aromatic rings. The summed E-state index contributed by atoms with van der Waals surface area (Å²) in [6, 6.07) is 4.12. The SMILES string of the molecule is CN=c1scc(-c2ccc(CCNS(C)(=O)=O)s2)n1C. The minimum absolute atomic E-state index is 0.435. The van der Waals surface area contributed by atoms with Crippen LogP contribution in [0.1, 0.15) is 4.88 Å². The Labute approximate surface area is 126 Å². The number of rotatable bonds is 5. The summed E-state index contributed by atoms with van der Waals surface area (Å²) in [6.07, 6.45) is 1.88. The summed E-state index contributed by atoms with van der Waals surface area (Å²) >= 11 is 3.30. The van der Waals surface area contributed by atoms with Gasteiger partial charge in [0, 0.05) is 30.9 Å². The molecule has 0 spiro atoms. The third-order valence-corrected chi connectivity index (χ3v) is 5.67. The summed E-state index contributed by atoms with van der Waals surface area (Å²) in [5, 5.41) is 2.09. The van der Waals surface area contributed by atoms with E-state index in [1.54, 1.807) is 29.7 Å². The molecule has 0 bridgehead atoms. The van der Waals surface area contributed by atoms with E-state index in [9.17, 15) is 8.42 Å².